The number of unbranched alkanes of at least 4 members (excludes halogenated alkanes) is 1. The van der Waals surface area contributed by atoms with Crippen molar-refractivity contribution in [3.05, 3.63) is 0 Å². The van der Waals surface area contributed by atoms with Gasteiger partial charge < -0.3 is 10.1 Å². The molecule has 0 aromatic heterocycles. The average Bonchev–Trinajstić information content (AvgIpc) is 2.10. The van der Waals surface area contributed by atoms with E-state index < -0.39 is 0 Å². The summed E-state index contributed by atoms with van der Waals surface area (Å²) in [4.78, 5) is 10.8. The highest BCUT2D eigenvalue weighted by molar-refractivity contribution is 9.09. The van der Waals surface area contributed by atoms with Gasteiger partial charge in [-0.05, 0) is 26.7 Å². The molecule has 0 aliphatic rings. The van der Waals surface area contributed by atoms with E-state index in [9.17, 15) is 4.79 Å². The predicted octanol–water partition coefficient (Wildman–Crippen LogP) is 1.70. The second-order valence-corrected chi connectivity index (χ2v) is 3.67. The number of nitrogens with one attached hydrogen (secondary N) is 1. The van der Waals surface area contributed by atoms with Crippen LogP contribution in [-0.4, -0.2) is 30.5 Å². The van der Waals surface area contributed by atoms with Crippen molar-refractivity contribution in [1.82, 2.24) is 5.32 Å². The second-order valence-electron chi connectivity index (χ2n) is 3.11. The summed E-state index contributed by atoms with van der Waals surface area (Å²) in [6.45, 7) is 5.56. The van der Waals surface area contributed by atoms with Gasteiger partial charge in [-0.2, -0.15) is 0 Å². The molecular formula is C9H18BrNO2. The molecule has 0 aliphatic carbocycles. The first-order valence-electron chi connectivity index (χ1n) is 4.61. The van der Waals surface area contributed by atoms with Gasteiger partial charge in [0, 0.05) is 13.2 Å². The molecule has 0 fully saturated rings. The van der Waals surface area contributed by atoms with Crippen molar-refractivity contribution in [1.29, 1.82) is 0 Å². The van der Waals surface area contributed by atoms with Crippen molar-refractivity contribution in [2.24, 2.45) is 0 Å². The lowest BCUT2D eigenvalue weighted by Gasteiger charge is -2.07. The van der Waals surface area contributed by atoms with Crippen LogP contribution in [0.25, 0.3) is 0 Å². The fraction of sp³-hybridized carbons (Fsp3) is 0.889. The zero-order chi connectivity index (χ0) is 10.1. The van der Waals surface area contributed by atoms with Gasteiger partial charge in [0.05, 0.1) is 11.4 Å². The number of alkyl halides is 1. The normalized spacial score (nSPS) is 10.5. The van der Waals surface area contributed by atoms with E-state index in [0.29, 0.717) is 11.4 Å². The molecule has 1 amide bonds. The third-order valence-corrected chi connectivity index (χ3v) is 1.98. The van der Waals surface area contributed by atoms with Crippen molar-refractivity contribution in [3.8, 4) is 0 Å². The lowest BCUT2D eigenvalue weighted by Crippen LogP contribution is -2.25. The molecule has 78 valence electrons. The maximum Gasteiger partial charge on any atom is 0.230 e. The van der Waals surface area contributed by atoms with Gasteiger partial charge in [0.15, 0.2) is 0 Å². The zero-order valence-electron chi connectivity index (χ0n) is 8.31. The summed E-state index contributed by atoms with van der Waals surface area (Å²) in [6.07, 6.45) is 2.28. The third-order valence-electron chi connectivity index (χ3n) is 1.47. The first kappa shape index (κ1) is 12.9. The summed E-state index contributed by atoms with van der Waals surface area (Å²) in [6, 6.07) is 0. The van der Waals surface area contributed by atoms with Gasteiger partial charge in [-0.15, -0.1) is 0 Å². The van der Waals surface area contributed by atoms with E-state index in [0.717, 1.165) is 26.0 Å². The minimum absolute atomic E-state index is 0.0461. The van der Waals surface area contributed by atoms with Gasteiger partial charge in [-0.1, -0.05) is 15.9 Å². The maximum absolute atomic E-state index is 10.8. The SMILES string of the molecule is CC(C)OCCCCNC(=O)CBr. The van der Waals surface area contributed by atoms with Crippen molar-refractivity contribution in [2.45, 2.75) is 32.8 Å². The number of halogens is 1. The second kappa shape index (κ2) is 8.51. The Morgan fingerprint density at radius 3 is 2.69 bits per heavy atom. The number of rotatable bonds is 7. The van der Waals surface area contributed by atoms with E-state index in [1.807, 2.05) is 13.8 Å². The number of hydrogen-bond donors (Lipinski definition) is 1. The van der Waals surface area contributed by atoms with Crippen molar-refractivity contribution < 1.29 is 9.53 Å². The molecule has 0 atom stereocenters. The molecule has 1 N–H and O–H groups in total. The average molecular weight is 252 g/mol. The minimum atomic E-state index is 0.0461. The van der Waals surface area contributed by atoms with Crippen LogP contribution in [0, 0.1) is 0 Å². The van der Waals surface area contributed by atoms with Crippen LogP contribution in [0.15, 0.2) is 0 Å². The fourth-order valence-electron chi connectivity index (χ4n) is 0.821. The first-order chi connectivity index (χ1) is 6.16. The van der Waals surface area contributed by atoms with Crippen LogP contribution in [0.4, 0.5) is 0 Å². The van der Waals surface area contributed by atoms with Crippen LogP contribution >= 0.6 is 15.9 Å². The number of hydrogen-bond acceptors (Lipinski definition) is 2. The van der Waals surface area contributed by atoms with Crippen molar-refractivity contribution in [2.75, 3.05) is 18.5 Å². The van der Waals surface area contributed by atoms with E-state index in [4.69, 9.17) is 4.74 Å². The van der Waals surface area contributed by atoms with Crippen LogP contribution in [0.1, 0.15) is 26.7 Å². The van der Waals surface area contributed by atoms with Gasteiger partial charge in [0.2, 0.25) is 5.91 Å². The van der Waals surface area contributed by atoms with Gasteiger partial charge >= 0.3 is 0 Å². The minimum Gasteiger partial charge on any atom is -0.379 e. The van der Waals surface area contributed by atoms with Crippen LogP contribution < -0.4 is 5.32 Å². The summed E-state index contributed by atoms with van der Waals surface area (Å²) < 4.78 is 5.35. The Kier molecular flexibility index (Phi) is 8.45. The molecule has 13 heavy (non-hydrogen) atoms. The van der Waals surface area contributed by atoms with Gasteiger partial charge in [0.1, 0.15) is 0 Å². The molecule has 0 aliphatic heterocycles. The molecule has 0 aromatic carbocycles. The molecule has 0 radical (unpaired) electrons. The highest BCUT2D eigenvalue weighted by Crippen LogP contribution is 1.93. The van der Waals surface area contributed by atoms with Gasteiger partial charge in [-0.3, -0.25) is 4.79 Å². The van der Waals surface area contributed by atoms with E-state index in [1.54, 1.807) is 0 Å². The molecule has 3 nitrogen and oxygen atoms in total. The Balaban J connectivity index is 3.04. The fourth-order valence-corrected chi connectivity index (χ4v) is 1.02. The predicted molar refractivity (Wildman–Crippen MR) is 57.1 cm³/mol. The highest BCUT2D eigenvalue weighted by Gasteiger charge is 1.96. The maximum atomic E-state index is 10.8. The summed E-state index contributed by atoms with van der Waals surface area (Å²) in [5.74, 6) is 0.0461. The zero-order valence-corrected chi connectivity index (χ0v) is 9.89. The lowest BCUT2D eigenvalue weighted by atomic mass is 10.3. The molecular weight excluding hydrogens is 234 g/mol. The molecule has 0 saturated carbocycles. The smallest absolute Gasteiger partial charge is 0.230 e. The van der Waals surface area contributed by atoms with E-state index in [2.05, 4.69) is 21.2 Å². The Labute approximate surface area is 88.4 Å². The van der Waals surface area contributed by atoms with E-state index in [1.165, 1.54) is 0 Å². The largest absolute Gasteiger partial charge is 0.379 e. The Hall–Kier alpha value is -0.0900. The number of ether oxygens (including phenoxy) is 1. The summed E-state index contributed by atoms with van der Waals surface area (Å²) in [7, 11) is 0. The molecule has 0 aromatic rings. The summed E-state index contributed by atoms with van der Waals surface area (Å²) in [5.41, 5.74) is 0. The molecule has 0 heterocycles. The molecule has 0 bridgehead atoms. The molecule has 0 spiro atoms. The van der Waals surface area contributed by atoms with Crippen molar-refractivity contribution in [3.63, 3.8) is 0 Å². The Morgan fingerprint density at radius 1 is 1.46 bits per heavy atom. The summed E-state index contributed by atoms with van der Waals surface area (Å²) in [5, 5.41) is 3.16. The Morgan fingerprint density at radius 2 is 2.15 bits per heavy atom. The lowest BCUT2D eigenvalue weighted by molar-refractivity contribution is -0.118. The topological polar surface area (TPSA) is 38.3 Å². The van der Waals surface area contributed by atoms with E-state index in [-0.39, 0.29) is 5.91 Å². The van der Waals surface area contributed by atoms with E-state index >= 15 is 0 Å². The van der Waals surface area contributed by atoms with Crippen LogP contribution in [0.3, 0.4) is 0 Å². The van der Waals surface area contributed by atoms with Gasteiger partial charge in [0.25, 0.3) is 0 Å². The van der Waals surface area contributed by atoms with Crippen molar-refractivity contribution >= 4 is 21.8 Å². The quantitative estimate of drug-likeness (QED) is 0.553. The highest BCUT2D eigenvalue weighted by atomic mass is 79.9. The monoisotopic (exact) mass is 251 g/mol. The molecule has 0 rings (SSSR count). The van der Waals surface area contributed by atoms with Crippen LogP contribution in [0.5, 0.6) is 0 Å². The molecule has 4 heteroatoms. The first-order valence-corrected chi connectivity index (χ1v) is 5.73. The number of amides is 1. The Bertz CT molecular complexity index is 140. The van der Waals surface area contributed by atoms with Crippen LogP contribution in [0.2, 0.25) is 0 Å². The standard InChI is InChI=1S/C9H18BrNO2/c1-8(2)13-6-4-3-5-11-9(12)7-10/h8H,3-7H2,1-2H3,(H,11,12). The number of carbonyl (C=O) groups excluding carboxylic acids is 1. The van der Waals surface area contributed by atoms with Crippen LogP contribution in [-0.2, 0) is 9.53 Å². The third kappa shape index (κ3) is 9.83. The molecule has 0 saturated heterocycles. The summed E-state index contributed by atoms with van der Waals surface area (Å²) >= 11 is 3.08. The number of carbonyl (C=O) groups is 1. The van der Waals surface area contributed by atoms with Gasteiger partial charge in [-0.25, -0.2) is 0 Å². The molecule has 0 unspecified atom stereocenters.